The molecule has 18 heavy (non-hydrogen) atoms. The van der Waals surface area contributed by atoms with Gasteiger partial charge in [0.25, 0.3) is 0 Å². The van der Waals surface area contributed by atoms with Gasteiger partial charge in [0, 0.05) is 12.0 Å². The van der Waals surface area contributed by atoms with E-state index in [0.717, 1.165) is 18.4 Å². The van der Waals surface area contributed by atoms with Crippen LogP contribution in [0.5, 0.6) is 5.75 Å². The first kappa shape index (κ1) is 13.2. The van der Waals surface area contributed by atoms with Crippen molar-refractivity contribution in [1.29, 1.82) is 5.26 Å². The number of nitriles is 1. The molecule has 0 N–H and O–H groups in total. The van der Waals surface area contributed by atoms with Crippen LogP contribution in [0.1, 0.15) is 34.3 Å². The quantitative estimate of drug-likeness (QED) is 0.800. The Morgan fingerprint density at radius 1 is 1.44 bits per heavy atom. The van der Waals surface area contributed by atoms with E-state index < -0.39 is 0 Å². The molecule has 0 heterocycles. The molecule has 1 aromatic carbocycles. The monoisotopic (exact) mass is 283 g/mol. The van der Waals surface area contributed by atoms with E-state index in [4.69, 9.17) is 33.2 Å². The van der Waals surface area contributed by atoms with Crippen LogP contribution in [-0.2, 0) is 6.42 Å². The molecule has 0 fully saturated rings. The third-order valence-electron chi connectivity index (χ3n) is 2.90. The zero-order valence-corrected chi connectivity index (χ0v) is 11.1. The van der Waals surface area contributed by atoms with Crippen LogP contribution in [0, 0.1) is 11.3 Å². The Hall–Kier alpha value is -1.24. The van der Waals surface area contributed by atoms with E-state index in [-0.39, 0.29) is 12.4 Å². The van der Waals surface area contributed by atoms with Crippen LogP contribution in [0.4, 0.5) is 0 Å². The number of hydrogen-bond donors (Lipinski definition) is 0. The first-order valence-corrected chi connectivity index (χ1v) is 6.57. The molecule has 2 rings (SSSR count). The number of benzene rings is 1. The number of alkyl halides is 1. The van der Waals surface area contributed by atoms with Crippen LogP contribution in [0.15, 0.2) is 6.07 Å². The minimum absolute atomic E-state index is 0.0403. The van der Waals surface area contributed by atoms with Crippen molar-refractivity contribution < 1.29 is 9.53 Å². The van der Waals surface area contributed by atoms with Crippen molar-refractivity contribution >= 4 is 29.0 Å². The van der Waals surface area contributed by atoms with Gasteiger partial charge in [0.2, 0.25) is 0 Å². The minimum atomic E-state index is 0.0403. The fraction of sp³-hybridized carbons (Fsp3) is 0.385. The molecular formula is C13H11Cl2NO2. The van der Waals surface area contributed by atoms with Gasteiger partial charge in [-0.3, -0.25) is 4.79 Å². The summed E-state index contributed by atoms with van der Waals surface area (Å²) < 4.78 is 5.41. The molecule has 0 radical (unpaired) electrons. The molecule has 0 spiro atoms. The molecule has 0 bridgehead atoms. The van der Waals surface area contributed by atoms with Crippen LogP contribution < -0.4 is 4.74 Å². The third-order valence-corrected chi connectivity index (χ3v) is 3.45. The summed E-state index contributed by atoms with van der Waals surface area (Å²) in [5.41, 5.74) is 1.64. The Kier molecular flexibility index (Phi) is 4.11. The molecular weight excluding hydrogens is 273 g/mol. The van der Waals surface area contributed by atoms with Crippen molar-refractivity contribution in [2.75, 3.05) is 12.5 Å². The molecule has 1 aliphatic carbocycles. The number of hydrogen-bond acceptors (Lipinski definition) is 3. The molecule has 0 saturated carbocycles. The highest BCUT2D eigenvalue weighted by molar-refractivity contribution is 6.33. The second kappa shape index (κ2) is 5.60. The van der Waals surface area contributed by atoms with Crippen LogP contribution >= 0.6 is 23.2 Å². The van der Waals surface area contributed by atoms with Crippen LogP contribution in [0.2, 0.25) is 5.02 Å². The van der Waals surface area contributed by atoms with Crippen molar-refractivity contribution in [3.05, 3.63) is 27.8 Å². The van der Waals surface area contributed by atoms with E-state index in [0.29, 0.717) is 34.2 Å². The van der Waals surface area contributed by atoms with Crippen LogP contribution in [-0.4, -0.2) is 18.3 Å². The number of Topliss-reactive ketones (excluding diaryl/α,β-unsaturated/α-hetero) is 1. The lowest BCUT2D eigenvalue weighted by atomic mass is 9.89. The number of nitrogens with zero attached hydrogens (tertiary/aromatic N) is 1. The maximum absolute atomic E-state index is 11.8. The molecule has 5 heteroatoms. The predicted octanol–water partition coefficient (Wildman–Crippen LogP) is 3.35. The number of carbonyl (C=O) groups excluding carboxylic acids is 1. The molecule has 0 amide bonds. The Balaban J connectivity index is 2.54. The van der Waals surface area contributed by atoms with Crippen LogP contribution in [0.3, 0.4) is 0 Å². The SMILES string of the molecule is N#Cc1cc2c(c(Cl)c1OCCCl)CCCC2=O. The number of carbonyl (C=O) groups is 1. The lowest BCUT2D eigenvalue weighted by Crippen LogP contribution is -2.13. The predicted molar refractivity (Wildman–Crippen MR) is 69.7 cm³/mol. The molecule has 0 aromatic heterocycles. The first-order valence-electron chi connectivity index (χ1n) is 5.66. The van der Waals surface area contributed by atoms with Gasteiger partial charge < -0.3 is 4.74 Å². The standard InChI is InChI=1S/C13H11Cl2NO2/c14-4-5-18-13-8(7-16)6-10-9(12(13)15)2-1-3-11(10)17/h6H,1-5H2. The van der Waals surface area contributed by atoms with Crippen LogP contribution in [0.25, 0.3) is 0 Å². The number of halogens is 2. The molecule has 0 atom stereocenters. The van der Waals surface area contributed by atoms with Gasteiger partial charge in [0.15, 0.2) is 11.5 Å². The van der Waals surface area contributed by atoms with E-state index >= 15 is 0 Å². The Morgan fingerprint density at radius 3 is 2.89 bits per heavy atom. The molecule has 1 aromatic rings. The van der Waals surface area contributed by atoms with E-state index in [1.54, 1.807) is 6.07 Å². The Morgan fingerprint density at radius 2 is 2.22 bits per heavy atom. The van der Waals surface area contributed by atoms with Crippen molar-refractivity contribution in [1.82, 2.24) is 0 Å². The Labute approximate surface area is 115 Å². The lowest BCUT2D eigenvalue weighted by molar-refractivity contribution is 0.0972. The molecule has 0 saturated heterocycles. The maximum Gasteiger partial charge on any atom is 0.163 e. The smallest absolute Gasteiger partial charge is 0.163 e. The number of ether oxygens (including phenoxy) is 1. The van der Waals surface area contributed by atoms with Gasteiger partial charge in [-0.05, 0) is 24.5 Å². The summed E-state index contributed by atoms with van der Waals surface area (Å²) >= 11 is 11.8. The number of fused-ring (bicyclic) bond motifs is 1. The van der Waals surface area contributed by atoms with Crippen molar-refractivity contribution in [2.24, 2.45) is 0 Å². The highest BCUT2D eigenvalue weighted by Gasteiger charge is 2.24. The average molecular weight is 284 g/mol. The van der Waals surface area contributed by atoms with Gasteiger partial charge in [0.1, 0.15) is 12.7 Å². The summed E-state index contributed by atoms with van der Waals surface area (Å²) in [6.45, 7) is 0.280. The second-order valence-electron chi connectivity index (χ2n) is 4.02. The summed E-state index contributed by atoms with van der Waals surface area (Å²) in [5, 5.41) is 9.47. The maximum atomic E-state index is 11.8. The Bertz CT molecular complexity index is 535. The highest BCUT2D eigenvalue weighted by Crippen LogP contribution is 2.37. The summed E-state index contributed by atoms with van der Waals surface area (Å²) in [5.74, 6) is 0.698. The largest absolute Gasteiger partial charge is 0.489 e. The van der Waals surface area contributed by atoms with E-state index in [1.807, 2.05) is 6.07 Å². The normalized spacial score (nSPS) is 13.9. The summed E-state index contributed by atoms with van der Waals surface area (Å²) in [6.07, 6.45) is 2.03. The number of rotatable bonds is 3. The molecule has 0 unspecified atom stereocenters. The molecule has 0 aliphatic heterocycles. The fourth-order valence-corrected chi connectivity index (χ4v) is 2.52. The van der Waals surface area contributed by atoms with Gasteiger partial charge in [-0.2, -0.15) is 5.26 Å². The van der Waals surface area contributed by atoms with Gasteiger partial charge >= 0.3 is 0 Å². The van der Waals surface area contributed by atoms with Gasteiger partial charge in [-0.1, -0.05) is 11.6 Å². The third kappa shape index (κ3) is 2.31. The topological polar surface area (TPSA) is 50.1 Å². The molecule has 1 aliphatic rings. The summed E-state index contributed by atoms with van der Waals surface area (Å²) in [6, 6.07) is 3.59. The average Bonchev–Trinajstić information content (AvgIpc) is 2.38. The zero-order valence-electron chi connectivity index (χ0n) is 9.63. The zero-order chi connectivity index (χ0) is 13.1. The van der Waals surface area contributed by atoms with Crippen molar-refractivity contribution in [3.63, 3.8) is 0 Å². The number of ketones is 1. The van der Waals surface area contributed by atoms with Gasteiger partial charge in [-0.25, -0.2) is 0 Å². The van der Waals surface area contributed by atoms with E-state index in [2.05, 4.69) is 0 Å². The van der Waals surface area contributed by atoms with Gasteiger partial charge in [0.05, 0.1) is 16.5 Å². The van der Waals surface area contributed by atoms with E-state index in [1.165, 1.54) is 0 Å². The first-order chi connectivity index (χ1) is 8.69. The molecule has 94 valence electrons. The minimum Gasteiger partial charge on any atom is -0.489 e. The molecule has 3 nitrogen and oxygen atoms in total. The summed E-state index contributed by atoms with van der Waals surface area (Å²) in [7, 11) is 0. The summed E-state index contributed by atoms with van der Waals surface area (Å²) in [4.78, 5) is 11.8. The van der Waals surface area contributed by atoms with Gasteiger partial charge in [-0.15, -0.1) is 11.6 Å². The van der Waals surface area contributed by atoms with Crippen molar-refractivity contribution in [2.45, 2.75) is 19.3 Å². The fourth-order valence-electron chi connectivity index (χ4n) is 2.09. The lowest BCUT2D eigenvalue weighted by Gasteiger charge is -2.19. The second-order valence-corrected chi connectivity index (χ2v) is 4.78. The highest BCUT2D eigenvalue weighted by atomic mass is 35.5. The van der Waals surface area contributed by atoms with E-state index in [9.17, 15) is 4.79 Å². The van der Waals surface area contributed by atoms with Crippen molar-refractivity contribution in [3.8, 4) is 11.8 Å².